The molecule has 9 heteroatoms. The van der Waals surface area contributed by atoms with Crippen LogP contribution in [0.3, 0.4) is 0 Å². The van der Waals surface area contributed by atoms with Crippen molar-refractivity contribution in [1.29, 1.82) is 0 Å². The second-order valence-electron chi connectivity index (χ2n) is 18.3. The molecule has 374 valence electrons. The Bertz CT molecular complexity index is 2240. The van der Waals surface area contributed by atoms with Crippen LogP contribution >= 0.6 is 0 Å². The van der Waals surface area contributed by atoms with Crippen LogP contribution in [0.2, 0.25) is 0 Å². The van der Waals surface area contributed by atoms with Crippen molar-refractivity contribution in [1.82, 2.24) is 0 Å². The Labute approximate surface area is 419 Å². The summed E-state index contributed by atoms with van der Waals surface area (Å²) in [5, 5.41) is 8.76. The number of carbonyl (C=O) groups is 2. The fourth-order valence-corrected chi connectivity index (χ4v) is 8.08. The predicted molar refractivity (Wildman–Crippen MR) is 287 cm³/mol. The number of esters is 2. The summed E-state index contributed by atoms with van der Waals surface area (Å²) in [6.45, 7) is 5.93. The molecule has 0 saturated heterocycles. The molecule has 0 aliphatic heterocycles. The molecule has 70 heavy (non-hydrogen) atoms. The molecule has 0 bridgehead atoms. The lowest BCUT2D eigenvalue weighted by atomic mass is 10.0. The van der Waals surface area contributed by atoms with Crippen molar-refractivity contribution in [3.8, 4) is 23.0 Å². The van der Waals surface area contributed by atoms with Crippen molar-refractivity contribution in [2.45, 2.75) is 168 Å². The third kappa shape index (κ3) is 23.0. The quantitative estimate of drug-likeness (QED) is 0.0130. The summed E-state index contributed by atoms with van der Waals surface area (Å²) < 4.78 is 23.1. The minimum Gasteiger partial charge on any atom is -0.494 e. The minimum atomic E-state index is -0.537. The van der Waals surface area contributed by atoms with Gasteiger partial charge in [0.15, 0.2) is 0 Å². The monoisotopic (exact) mass is 950 g/mol. The Kier molecular flexibility index (Phi) is 26.8. The molecule has 0 spiro atoms. The van der Waals surface area contributed by atoms with Crippen LogP contribution in [0.4, 0.5) is 17.1 Å². The lowest BCUT2D eigenvalue weighted by Gasteiger charge is -2.08. The van der Waals surface area contributed by atoms with E-state index in [0.29, 0.717) is 34.9 Å². The number of aliphatic imine (C=N–C) groups is 1. The molecule has 5 aromatic rings. The molecular formula is C61H79N3O6. The predicted octanol–water partition coefficient (Wildman–Crippen LogP) is 18.5. The van der Waals surface area contributed by atoms with Gasteiger partial charge in [0.2, 0.25) is 0 Å². The maximum absolute atomic E-state index is 13.0. The second kappa shape index (κ2) is 34.2. The number of ether oxygens (including phenoxy) is 4. The van der Waals surface area contributed by atoms with Gasteiger partial charge in [-0.1, -0.05) is 167 Å². The number of nitrogens with zero attached hydrogens (tertiary/aromatic N) is 3. The van der Waals surface area contributed by atoms with Gasteiger partial charge in [-0.05, 0) is 128 Å². The van der Waals surface area contributed by atoms with Gasteiger partial charge in [-0.3, -0.25) is 4.99 Å². The van der Waals surface area contributed by atoms with Gasteiger partial charge < -0.3 is 18.9 Å². The van der Waals surface area contributed by atoms with Gasteiger partial charge in [-0.2, -0.15) is 10.2 Å². The van der Waals surface area contributed by atoms with Gasteiger partial charge >= 0.3 is 11.9 Å². The summed E-state index contributed by atoms with van der Waals surface area (Å²) in [5.74, 6) is 1.24. The van der Waals surface area contributed by atoms with Crippen LogP contribution < -0.4 is 18.9 Å². The Morgan fingerprint density at radius 1 is 0.386 bits per heavy atom. The zero-order chi connectivity index (χ0) is 49.1. The average Bonchev–Trinajstić information content (AvgIpc) is 3.39. The van der Waals surface area contributed by atoms with Crippen molar-refractivity contribution < 1.29 is 28.5 Å². The van der Waals surface area contributed by atoms with Crippen LogP contribution in [-0.4, -0.2) is 31.4 Å². The number of hydrogen-bond acceptors (Lipinski definition) is 9. The third-order valence-corrected chi connectivity index (χ3v) is 12.3. The summed E-state index contributed by atoms with van der Waals surface area (Å²) in [6, 6.07) is 35.6. The van der Waals surface area contributed by atoms with Crippen molar-refractivity contribution in [3.63, 3.8) is 0 Å². The summed E-state index contributed by atoms with van der Waals surface area (Å²) >= 11 is 0. The number of hydrogen-bond donors (Lipinski definition) is 0. The van der Waals surface area contributed by atoms with E-state index < -0.39 is 11.9 Å². The third-order valence-electron chi connectivity index (χ3n) is 12.3. The minimum absolute atomic E-state index is 0.317. The van der Waals surface area contributed by atoms with Crippen molar-refractivity contribution >= 4 is 35.2 Å². The van der Waals surface area contributed by atoms with Crippen molar-refractivity contribution in [2.24, 2.45) is 15.2 Å². The Morgan fingerprint density at radius 2 is 0.743 bits per heavy atom. The molecule has 0 aromatic heterocycles. The summed E-state index contributed by atoms with van der Waals surface area (Å²) in [7, 11) is 0. The van der Waals surface area contributed by atoms with Crippen LogP contribution in [0.15, 0.2) is 137 Å². The smallest absolute Gasteiger partial charge is 0.343 e. The van der Waals surface area contributed by atoms with E-state index in [4.69, 9.17) is 18.9 Å². The van der Waals surface area contributed by atoms with E-state index in [-0.39, 0.29) is 0 Å². The molecule has 0 radical (unpaired) electrons. The van der Waals surface area contributed by atoms with E-state index in [0.717, 1.165) is 47.9 Å². The van der Waals surface area contributed by atoms with E-state index in [2.05, 4.69) is 29.1 Å². The molecule has 0 amide bonds. The Hall–Kier alpha value is -6.09. The lowest BCUT2D eigenvalue weighted by molar-refractivity contribution is 0.0730. The first-order valence-corrected chi connectivity index (χ1v) is 26.6. The molecule has 5 rings (SSSR count). The van der Waals surface area contributed by atoms with E-state index in [1.54, 1.807) is 72.9 Å². The van der Waals surface area contributed by atoms with Gasteiger partial charge in [0.1, 0.15) is 23.0 Å². The first-order chi connectivity index (χ1) is 34.5. The summed E-state index contributed by atoms with van der Waals surface area (Å²) in [5.41, 5.74) is 3.69. The highest BCUT2D eigenvalue weighted by Crippen LogP contribution is 2.25. The van der Waals surface area contributed by atoms with Gasteiger partial charge in [-0.15, -0.1) is 0 Å². The Morgan fingerprint density at radius 3 is 1.19 bits per heavy atom. The SMILES string of the molecule is CCCCCCCCCCCCCCCCOc1ccc(C(=O)Oc2ccc(C(=O)Oc3cccc(C=Nc4ccc(N=Nc5ccc(OCCCCCCCCCCCC)cc5)cc4)c3)cc2)cc1. The van der Waals surface area contributed by atoms with Crippen molar-refractivity contribution in [3.05, 3.63) is 138 Å². The highest BCUT2D eigenvalue weighted by molar-refractivity contribution is 5.93. The first-order valence-electron chi connectivity index (χ1n) is 26.6. The van der Waals surface area contributed by atoms with Crippen LogP contribution in [0.25, 0.3) is 0 Å². The van der Waals surface area contributed by atoms with Crippen LogP contribution in [0, 0.1) is 0 Å². The van der Waals surface area contributed by atoms with E-state index in [1.807, 2.05) is 54.6 Å². The Balaban J connectivity index is 0.940. The topological polar surface area (TPSA) is 108 Å². The number of benzene rings is 5. The highest BCUT2D eigenvalue weighted by Gasteiger charge is 2.13. The summed E-state index contributed by atoms with van der Waals surface area (Å²) in [4.78, 5) is 30.5. The van der Waals surface area contributed by atoms with E-state index >= 15 is 0 Å². The molecule has 0 heterocycles. The summed E-state index contributed by atoms with van der Waals surface area (Å²) in [6.07, 6.45) is 33.3. The standard InChI is InChI=1S/C61H79N3O6/c1-3-5-7-9-11-13-15-16-17-18-20-22-23-25-46-67-56-40-30-51(31-41-56)60(65)69-58-42-32-52(33-43-58)61(66)70-59-29-27-28-50(48-59)49-62-53-34-36-54(37-35-53)63-64-55-38-44-57(45-39-55)68-47-26-24-21-19-14-12-10-8-6-4-2/h27-45,48-49H,3-26,46-47H2,1-2H3. The fraction of sp³-hybridized carbons (Fsp3) is 0.459. The molecule has 0 aliphatic rings. The van der Waals surface area contributed by atoms with E-state index in [9.17, 15) is 9.59 Å². The van der Waals surface area contributed by atoms with Gasteiger partial charge in [0.05, 0.1) is 41.4 Å². The molecule has 5 aromatic carbocycles. The van der Waals surface area contributed by atoms with Crippen LogP contribution in [0.5, 0.6) is 23.0 Å². The highest BCUT2D eigenvalue weighted by atomic mass is 16.5. The zero-order valence-electron chi connectivity index (χ0n) is 42.3. The zero-order valence-corrected chi connectivity index (χ0v) is 42.3. The van der Waals surface area contributed by atoms with Gasteiger partial charge in [0, 0.05) is 6.21 Å². The van der Waals surface area contributed by atoms with Gasteiger partial charge in [0.25, 0.3) is 0 Å². The van der Waals surface area contributed by atoms with Gasteiger partial charge in [-0.25, -0.2) is 9.59 Å². The van der Waals surface area contributed by atoms with E-state index in [1.165, 1.54) is 141 Å². The molecule has 0 saturated carbocycles. The fourth-order valence-electron chi connectivity index (χ4n) is 8.08. The lowest BCUT2D eigenvalue weighted by Crippen LogP contribution is -2.10. The van der Waals surface area contributed by atoms with Crippen molar-refractivity contribution in [2.75, 3.05) is 13.2 Å². The molecule has 9 nitrogen and oxygen atoms in total. The largest absolute Gasteiger partial charge is 0.494 e. The number of carbonyl (C=O) groups excluding carboxylic acids is 2. The molecule has 0 atom stereocenters. The maximum Gasteiger partial charge on any atom is 0.343 e. The van der Waals surface area contributed by atoms with Crippen LogP contribution in [-0.2, 0) is 0 Å². The number of unbranched alkanes of at least 4 members (excludes halogenated alkanes) is 22. The number of rotatable bonds is 36. The molecular weight excluding hydrogens is 871 g/mol. The molecule has 0 unspecified atom stereocenters. The molecule has 0 aliphatic carbocycles. The molecule has 0 N–H and O–H groups in total. The number of azo groups is 1. The molecule has 0 fully saturated rings. The average molecular weight is 950 g/mol. The normalized spacial score (nSPS) is 11.3. The second-order valence-corrected chi connectivity index (χ2v) is 18.3. The first kappa shape index (κ1) is 54.8. The van der Waals surface area contributed by atoms with Crippen LogP contribution in [0.1, 0.15) is 194 Å². The maximum atomic E-state index is 13.0.